The topological polar surface area (TPSA) is 3.01 Å². The van der Waals surface area contributed by atoms with Gasteiger partial charge in [0, 0.05) is 24.8 Å². The lowest BCUT2D eigenvalue weighted by molar-refractivity contribution is -0.506. The van der Waals surface area contributed by atoms with Gasteiger partial charge in [-0.15, -0.1) is 0 Å². The molecule has 0 aromatic heterocycles. The first kappa shape index (κ1) is 8.22. The molecule has 1 saturated heterocycles. The van der Waals surface area contributed by atoms with Gasteiger partial charge in [-0.2, -0.15) is 0 Å². The number of fused-ring (bicyclic) bond motifs is 1. The standard InChI is InChI=1S/C13H16N/c1-2-6-12-11(5-1)7-8-13(12)14-9-3-4-10-14/h1-2,5-6H,3-4,7-10H2/q+1. The summed E-state index contributed by atoms with van der Waals surface area (Å²) < 4.78 is 2.59. The SMILES string of the molecule is c1ccc2c(c1)CCC2=[N+]1CCCC1. The van der Waals surface area contributed by atoms with Gasteiger partial charge in [-0.3, -0.25) is 0 Å². The predicted molar refractivity (Wildman–Crippen MR) is 58.1 cm³/mol. The number of benzene rings is 1. The fraction of sp³-hybridized carbons (Fsp3) is 0.462. The Morgan fingerprint density at radius 2 is 1.71 bits per heavy atom. The molecule has 14 heavy (non-hydrogen) atoms. The summed E-state index contributed by atoms with van der Waals surface area (Å²) >= 11 is 0. The van der Waals surface area contributed by atoms with E-state index in [2.05, 4.69) is 28.8 Å². The highest BCUT2D eigenvalue weighted by Crippen LogP contribution is 2.23. The molecule has 0 bridgehead atoms. The Morgan fingerprint density at radius 1 is 0.929 bits per heavy atom. The van der Waals surface area contributed by atoms with Crippen LogP contribution in [0.25, 0.3) is 0 Å². The minimum Gasteiger partial charge on any atom is -0.233 e. The molecule has 2 aliphatic rings. The van der Waals surface area contributed by atoms with Crippen LogP contribution < -0.4 is 0 Å². The third-order valence-corrected chi connectivity index (χ3v) is 3.45. The van der Waals surface area contributed by atoms with Gasteiger partial charge in [0.1, 0.15) is 13.1 Å². The average molecular weight is 186 g/mol. The average Bonchev–Trinajstić information content (AvgIpc) is 2.85. The molecular formula is C13H16N+. The summed E-state index contributed by atoms with van der Waals surface area (Å²) in [5.41, 5.74) is 4.68. The second-order valence-electron chi connectivity index (χ2n) is 4.30. The summed E-state index contributed by atoms with van der Waals surface area (Å²) in [5, 5.41) is 0. The quantitative estimate of drug-likeness (QED) is 0.547. The Balaban J connectivity index is 2.09. The van der Waals surface area contributed by atoms with E-state index in [0.717, 1.165) is 0 Å². The molecule has 72 valence electrons. The van der Waals surface area contributed by atoms with Crippen LogP contribution >= 0.6 is 0 Å². The molecule has 0 amide bonds. The van der Waals surface area contributed by atoms with Crippen molar-refractivity contribution < 1.29 is 4.58 Å². The number of hydrogen-bond donors (Lipinski definition) is 0. The number of hydrogen-bond acceptors (Lipinski definition) is 0. The summed E-state index contributed by atoms with van der Waals surface area (Å²) in [6, 6.07) is 8.89. The summed E-state index contributed by atoms with van der Waals surface area (Å²) in [6.45, 7) is 2.56. The fourth-order valence-corrected chi connectivity index (χ4v) is 2.72. The molecule has 0 atom stereocenters. The smallest absolute Gasteiger partial charge is 0.183 e. The zero-order chi connectivity index (χ0) is 9.38. The highest BCUT2D eigenvalue weighted by atomic mass is 15.0. The minimum absolute atomic E-state index is 1.25. The van der Waals surface area contributed by atoms with Crippen molar-refractivity contribution in [1.82, 2.24) is 0 Å². The monoisotopic (exact) mass is 186 g/mol. The molecule has 1 aromatic carbocycles. The van der Waals surface area contributed by atoms with E-state index < -0.39 is 0 Å². The Bertz CT molecular complexity index is 382. The molecule has 1 nitrogen and oxygen atoms in total. The first-order valence-electron chi connectivity index (χ1n) is 5.64. The number of rotatable bonds is 0. The van der Waals surface area contributed by atoms with E-state index in [4.69, 9.17) is 0 Å². The lowest BCUT2D eigenvalue weighted by Gasteiger charge is -1.99. The van der Waals surface area contributed by atoms with Gasteiger partial charge in [-0.1, -0.05) is 18.2 Å². The molecule has 0 N–H and O–H groups in total. The molecule has 0 spiro atoms. The number of aryl methyl sites for hydroxylation is 1. The van der Waals surface area contributed by atoms with Crippen LogP contribution in [0.3, 0.4) is 0 Å². The summed E-state index contributed by atoms with van der Waals surface area (Å²) in [6.07, 6.45) is 5.28. The third-order valence-electron chi connectivity index (χ3n) is 3.45. The Morgan fingerprint density at radius 3 is 2.57 bits per heavy atom. The van der Waals surface area contributed by atoms with Crippen molar-refractivity contribution in [2.24, 2.45) is 0 Å². The maximum Gasteiger partial charge on any atom is 0.183 e. The third kappa shape index (κ3) is 1.19. The second-order valence-corrected chi connectivity index (χ2v) is 4.30. The van der Waals surface area contributed by atoms with Crippen LogP contribution in [0, 0.1) is 0 Å². The first-order chi connectivity index (χ1) is 6.95. The highest BCUT2D eigenvalue weighted by molar-refractivity contribution is 6.01. The van der Waals surface area contributed by atoms with Crippen LogP contribution in [-0.4, -0.2) is 23.4 Å². The molecule has 1 aliphatic carbocycles. The molecule has 1 heterocycles. The van der Waals surface area contributed by atoms with E-state index in [1.165, 1.54) is 44.3 Å². The van der Waals surface area contributed by atoms with Crippen molar-refractivity contribution in [1.29, 1.82) is 0 Å². The van der Waals surface area contributed by atoms with Gasteiger partial charge < -0.3 is 0 Å². The zero-order valence-electron chi connectivity index (χ0n) is 8.50. The lowest BCUT2D eigenvalue weighted by atomic mass is 10.1. The van der Waals surface area contributed by atoms with Crippen LogP contribution in [-0.2, 0) is 6.42 Å². The Kier molecular flexibility index (Phi) is 1.90. The van der Waals surface area contributed by atoms with Gasteiger partial charge in [0.2, 0.25) is 0 Å². The second kappa shape index (κ2) is 3.23. The van der Waals surface area contributed by atoms with E-state index in [1.54, 1.807) is 11.3 Å². The summed E-state index contributed by atoms with van der Waals surface area (Å²) in [5.74, 6) is 0. The maximum atomic E-state index is 2.59. The van der Waals surface area contributed by atoms with Crippen LogP contribution in [0.5, 0.6) is 0 Å². The summed E-state index contributed by atoms with van der Waals surface area (Å²) in [7, 11) is 0. The van der Waals surface area contributed by atoms with Crippen molar-refractivity contribution in [2.45, 2.75) is 25.7 Å². The lowest BCUT2D eigenvalue weighted by Crippen LogP contribution is -2.16. The van der Waals surface area contributed by atoms with E-state index in [-0.39, 0.29) is 0 Å². The van der Waals surface area contributed by atoms with Crippen molar-refractivity contribution in [3.63, 3.8) is 0 Å². The molecule has 3 rings (SSSR count). The number of nitrogens with zero attached hydrogens (tertiary/aromatic N) is 1. The van der Waals surface area contributed by atoms with Crippen molar-refractivity contribution in [3.8, 4) is 0 Å². The van der Waals surface area contributed by atoms with Gasteiger partial charge in [0.15, 0.2) is 5.71 Å². The van der Waals surface area contributed by atoms with E-state index >= 15 is 0 Å². The van der Waals surface area contributed by atoms with Crippen molar-refractivity contribution in [2.75, 3.05) is 13.1 Å². The molecule has 0 radical (unpaired) electrons. The Hall–Kier alpha value is -1.11. The van der Waals surface area contributed by atoms with Gasteiger partial charge in [0.25, 0.3) is 0 Å². The maximum absolute atomic E-state index is 2.59. The normalized spacial score (nSPS) is 20.3. The Labute approximate surface area is 85.1 Å². The van der Waals surface area contributed by atoms with E-state index in [1.807, 2.05) is 0 Å². The zero-order valence-corrected chi connectivity index (χ0v) is 8.50. The van der Waals surface area contributed by atoms with Gasteiger partial charge in [-0.25, -0.2) is 4.58 Å². The largest absolute Gasteiger partial charge is 0.233 e. The van der Waals surface area contributed by atoms with Gasteiger partial charge >= 0.3 is 0 Å². The molecule has 1 fully saturated rings. The van der Waals surface area contributed by atoms with Crippen molar-refractivity contribution >= 4 is 5.71 Å². The van der Waals surface area contributed by atoms with Crippen LogP contribution in [0.4, 0.5) is 0 Å². The first-order valence-corrected chi connectivity index (χ1v) is 5.64. The van der Waals surface area contributed by atoms with Crippen LogP contribution in [0.15, 0.2) is 24.3 Å². The van der Waals surface area contributed by atoms with Crippen LogP contribution in [0.1, 0.15) is 30.4 Å². The fourth-order valence-electron chi connectivity index (χ4n) is 2.72. The minimum atomic E-state index is 1.25. The predicted octanol–water partition coefficient (Wildman–Crippen LogP) is 2.23. The summed E-state index contributed by atoms with van der Waals surface area (Å²) in [4.78, 5) is 0. The molecule has 0 unspecified atom stereocenters. The molecule has 1 aromatic rings. The molecular weight excluding hydrogens is 170 g/mol. The van der Waals surface area contributed by atoms with E-state index in [0.29, 0.717) is 0 Å². The molecule has 0 saturated carbocycles. The molecule has 1 aliphatic heterocycles. The van der Waals surface area contributed by atoms with Gasteiger partial charge in [-0.05, 0) is 18.1 Å². The van der Waals surface area contributed by atoms with Crippen molar-refractivity contribution in [3.05, 3.63) is 35.4 Å². The van der Waals surface area contributed by atoms with Crippen LogP contribution in [0.2, 0.25) is 0 Å². The highest BCUT2D eigenvalue weighted by Gasteiger charge is 2.27. The van der Waals surface area contributed by atoms with Gasteiger partial charge in [0.05, 0.1) is 0 Å². The van der Waals surface area contributed by atoms with E-state index in [9.17, 15) is 0 Å². The molecule has 1 heteroatoms.